The van der Waals surface area contributed by atoms with Gasteiger partial charge in [-0.15, -0.1) is 0 Å². The quantitative estimate of drug-likeness (QED) is 0.813. The fraction of sp³-hybridized carbons (Fsp3) is 0.933. The highest BCUT2D eigenvalue weighted by Gasteiger charge is 2.24. The first-order valence-electron chi connectivity index (χ1n) is 7.52. The predicted octanol–water partition coefficient (Wildman–Crippen LogP) is 3.30. The summed E-state index contributed by atoms with van der Waals surface area (Å²) in [6, 6.07) is 0.621. The molecule has 0 aromatic carbocycles. The number of carbonyl (C=O) groups excluding carboxylic acids is 1. The molecule has 2 rings (SSSR count). The third-order valence-electron chi connectivity index (χ3n) is 4.62. The molecular formula is C15H27NO. The van der Waals surface area contributed by atoms with E-state index >= 15 is 0 Å². The summed E-state index contributed by atoms with van der Waals surface area (Å²) in [6.45, 7) is 3.46. The summed E-state index contributed by atoms with van der Waals surface area (Å²) >= 11 is 0. The van der Waals surface area contributed by atoms with E-state index in [1.54, 1.807) is 0 Å². The first kappa shape index (κ1) is 13.1. The van der Waals surface area contributed by atoms with Gasteiger partial charge in [0.25, 0.3) is 0 Å². The highest BCUT2D eigenvalue weighted by atomic mass is 16.1. The molecule has 2 fully saturated rings. The molecule has 1 saturated heterocycles. The molecule has 0 aromatic heterocycles. The van der Waals surface area contributed by atoms with Gasteiger partial charge in [-0.05, 0) is 44.6 Å². The molecule has 1 aliphatic carbocycles. The fourth-order valence-electron chi connectivity index (χ4n) is 3.27. The maximum Gasteiger partial charge on any atom is 0.136 e. The number of hydrogen-bond donors (Lipinski definition) is 1. The van der Waals surface area contributed by atoms with Crippen LogP contribution in [0.25, 0.3) is 0 Å². The number of ketones is 1. The Labute approximate surface area is 106 Å². The zero-order chi connectivity index (χ0) is 12.1. The van der Waals surface area contributed by atoms with E-state index in [1.807, 2.05) is 0 Å². The van der Waals surface area contributed by atoms with E-state index in [0.717, 1.165) is 38.1 Å². The summed E-state index contributed by atoms with van der Waals surface area (Å²) in [5, 5.41) is 3.53. The van der Waals surface area contributed by atoms with Gasteiger partial charge < -0.3 is 5.32 Å². The van der Waals surface area contributed by atoms with Crippen molar-refractivity contribution in [3.8, 4) is 0 Å². The van der Waals surface area contributed by atoms with Crippen molar-refractivity contribution < 1.29 is 4.79 Å². The SMILES string of the molecule is CC1CCC(C(=O)CCC2CCCCN2)CC1. The van der Waals surface area contributed by atoms with Gasteiger partial charge in [0.1, 0.15) is 5.78 Å². The zero-order valence-corrected chi connectivity index (χ0v) is 11.2. The Morgan fingerprint density at radius 2 is 1.88 bits per heavy atom. The summed E-state index contributed by atoms with van der Waals surface area (Å²) in [4.78, 5) is 12.1. The van der Waals surface area contributed by atoms with Crippen molar-refractivity contribution in [2.75, 3.05) is 6.54 Å². The Kier molecular flexibility index (Phi) is 5.02. The third kappa shape index (κ3) is 4.09. The third-order valence-corrected chi connectivity index (χ3v) is 4.62. The van der Waals surface area contributed by atoms with Crippen LogP contribution in [0.4, 0.5) is 0 Å². The van der Waals surface area contributed by atoms with Gasteiger partial charge in [0.05, 0.1) is 0 Å². The predicted molar refractivity (Wildman–Crippen MR) is 71.0 cm³/mol. The van der Waals surface area contributed by atoms with E-state index in [2.05, 4.69) is 12.2 Å². The second-order valence-electron chi connectivity index (χ2n) is 6.11. The Balaban J connectivity index is 1.66. The Hall–Kier alpha value is -0.370. The largest absolute Gasteiger partial charge is 0.314 e. The molecular weight excluding hydrogens is 210 g/mol. The Morgan fingerprint density at radius 1 is 1.12 bits per heavy atom. The van der Waals surface area contributed by atoms with Crippen LogP contribution in [0.2, 0.25) is 0 Å². The molecule has 17 heavy (non-hydrogen) atoms. The molecule has 0 bridgehead atoms. The van der Waals surface area contributed by atoms with Gasteiger partial charge in [-0.1, -0.05) is 26.2 Å². The summed E-state index contributed by atoms with van der Waals surface area (Å²) in [7, 11) is 0. The average Bonchev–Trinajstić information content (AvgIpc) is 2.38. The molecule has 1 heterocycles. The van der Waals surface area contributed by atoms with Gasteiger partial charge in [-0.3, -0.25) is 4.79 Å². The van der Waals surface area contributed by atoms with Gasteiger partial charge in [0.2, 0.25) is 0 Å². The van der Waals surface area contributed by atoms with E-state index in [-0.39, 0.29) is 0 Å². The first-order valence-corrected chi connectivity index (χ1v) is 7.52. The Bertz CT molecular complexity index is 237. The van der Waals surface area contributed by atoms with Crippen molar-refractivity contribution in [1.82, 2.24) is 5.32 Å². The molecule has 0 aromatic rings. The smallest absolute Gasteiger partial charge is 0.136 e. The molecule has 1 N–H and O–H groups in total. The Morgan fingerprint density at radius 3 is 2.53 bits per heavy atom. The van der Waals surface area contributed by atoms with Crippen LogP contribution in [0.3, 0.4) is 0 Å². The fourth-order valence-corrected chi connectivity index (χ4v) is 3.27. The molecule has 1 saturated carbocycles. The number of Topliss-reactive ketones (excluding diaryl/α,β-unsaturated/α-hetero) is 1. The molecule has 98 valence electrons. The highest BCUT2D eigenvalue weighted by molar-refractivity contribution is 5.81. The van der Waals surface area contributed by atoms with Crippen molar-refractivity contribution in [2.24, 2.45) is 11.8 Å². The maximum atomic E-state index is 12.1. The molecule has 2 nitrogen and oxygen atoms in total. The van der Waals surface area contributed by atoms with E-state index in [1.165, 1.54) is 32.1 Å². The molecule has 2 aliphatic rings. The molecule has 2 heteroatoms. The van der Waals surface area contributed by atoms with Crippen LogP contribution in [0.15, 0.2) is 0 Å². The molecule has 1 atom stereocenters. The minimum Gasteiger partial charge on any atom is -0.314 e. The van der Waals surface area contributed by atoms with Crippen molar-refractivity contribution in [1.29, 1.82) is 0 Å². The number of hydrogen-bond acceptors (Lipinski definition) is 2. The summed E-state index contributed by atoms with van der Waals surface area (Å²) < 4.78 is 0. The van der Waals surface area contributed by atoms with Crippen LogP contribution in [0.5, 0.6) is 0 Å². The summed E-state index contributed by atoms with van der Waals surface area (Å²) in [5.41, 5.74) is 0. The first-order chi connectivity index (χ1) is 8.25. The lowest BCUT2D eigenvalue weighted by atomic mass is 9.79. The van der Waals surface area contributed by atoms with Crippen LogP contribution in [-0.4, -0.2) is 18.4 Å². The van der Waals surface area contributed by atoms with E-state index in [4.69, 9.17) is 0 Å². The number of rotatable bonds is 4. The molecule has 1 aliphatic heterocycles. The number of nitrogens with one attached hydrogen (secondary N) is 1. The average molecular weight is 237 g/mol. The van der Waals surface area contributed by atoms with Crippen LogP contribution >= 0.6 is 0 Å². The van der Waals surface area contributed by atoms with Crippen molar-refractivity contribution in [3.63, 3.8) is 0 Å². The van der Waals surface area contributed by atoms with E-state index in [0.29, 0.717) is 17.7 Å². The second-order valence-corrected chi connectivity index (χ2v) is 6.11. The van der Waals surface area contributed by atoms with Gasteiger partial charge in [-0.25, -0.2) is 0 Å². The number of piperidine rings is 1. The second kappa shape index (κ2) is 6.53. The van der Waals surface area contributed by atoms with Crippen molar-refractivity contribution in [3.05, 3.63) is 0 Å². The van der Waals surface area contributed by atoms with Crippen LogP contribution in [0, 0.1) is 11.8 Å². The zero-order valence-electron chi connectivity index (χ0n) is 11.2. The van der Waals surface area contributed by atoms with E-state index < -0.39 is 0 Å². The highest BCUT2D eigenvalue weighted by Crippen LogP contribution is 2.30. The van der Waals surface area contributed by atoms with Crippen LogP contribution in [-0.2, 0) is 4.79 Å². The number of carbonyl (C=O) groups is 1. The normalized spacial score (nSPS) is 34.5. The van der Waals surface area contributed by atoms with E-state index in [9.17, 15) is 4.79 Å². The summed E-state index contributed by atoms with van der Waals surface area (Å²) in [5.74, 6) is 1.79. The molecule has 0 radical (unpaired) electrons. The van der Waals surface area contributed by atoms with Crippen molar-refractivity contribution >= 4 is 5.78 Å². The molecule has 0 amide bonds. The standard InChI is InChI=1S/C15H27NO/c1-12-5-7-13(8-6-12)15(17)10-9-14-4-2-3-11-16-14/h12-14,16H,2-11H2,1H3. The molecule has 0 spiro atoms. The molecule has 1 unspecified atom stereocenters. The van der Waals surface area contributed by atoms with Gasteiger partial charge in [0.15, 0.2) is 0 Å². The van der Waals surface area contributed by atoms with Gasteiger partial charge in [0, 0.05) is 18.4 Å². The lowest BCUT2D eigenvalue weighted by molar-refractivity contribution is -0.124. The maximum absolute atomic E-state index is 12.1. The lowest BCUT2D eigenvalue weighted by Gasteiger charge is -2.27. The minimum absolute atomic E-state index is 0.398. The van der Waals surface area contributed by atoms with Crippen LogP contribution in [0.1, 0.15) is 64.7 Å². The van der Waals surface area contributed by atoms with Gasteiger partial charge in [-0.2, -0.15) is 0 Å². The lowest BCUT2D eigenvalue weighted by Crippen LogP contribution is -2.34. The monoisotopic (exact) mass is 237 g/mol. The van der Waals surface area contributed by atoms with Crippen LogP contribution < -0.4 is 5.32 Å². The van der Waals surface area contributed by atoms with Crippen molar-refractivity contribution in [2.45, 2.75) is 70.8 Å². The summed E-state index contributed by atoms with van der Waals surface area (Å²) in [6.07, 6.45) is 10.6. The minimum atomic E-state index is 0.398. The van der Waals surface area contributed by atoms with Gasteiger partial charge >= 0.3 is 0 Å². The topological polar surface area (TPSA) is 29.1 Å².